The second kappa shape index (κ2) is 6.96. The molecule has 0 saturated carbocycles. The van der Waals surface area contributed by atoms with E-state index in [0.29, 0.717) is 6.42 Å². The molecule has 0 fully saturated rings. The number of hydrogen-bond donors (Lipinski definition) is 2. The Morgan fingerprint density at radius 1 is 1.10 bits per heavy atom. The van der Waals surface area contributed by atoms with Crippen LogP contribution in [0.25, 0.3) is 0 Å². The van der Waals surface area contributed by atoms with Crippen LogP contribution in [0.2, 0.25) is 0 Å². The molecular weight excluding hydrogens is 250 g/mol. The van der Waals surface area contributed by atoms with E-state index in [4.69, 9.17) is 9.84 Å². The number of ether oxygens (including phenoxy) is 1. The molecule has 0 radical (unpaired) electrons. The predicted octanol–water partition coefficient (Wildman–Crippen LogP) is 3.15. The minimum absolute atomic E-state index is 0.188. The first-order chi connectivity index (χ1) is 9.72. The van der Waals surface area contributed by atoms with E-state index in [9.17, 15) is 0 Å². The second-order valence-electron chi connectivity index (χ2n) is 4.84. The number of aryl methyl sites for hydroxylation is 1. The first-order valence-electron chi connectivity index (χ1n) is 6.80. The highest BCUT2D eigenvalue weighted by Gasteiger charge is 2.03. The average molecular weight is 271 g/mol. The number of anilines is 1. The number of methoxy groups -OCH3 is 1. The smallest absolute Gasteiger partial charge is 0.123 e. The van der Waals surface area contributed by atoms with Crippen LogP contribution in [-0.4, -0.2) is 18.8 Å². The fraction of sp³-hybridized carbons (Fsp3) is 0.294. The molecule has 0 atom stereocenters. The lowest BCUT2D eigenvalue weighted by Gasteiger charge is -2.12. The van der Waals surface area contributed by atoms with Crippen LogP contribution in [0, 0.1) is 6.92 Å². The van der Waals surface area contributed by atoms with Crippen molar-refractivity contribution in [1.29, 1.82) is 0 Å². The molecule has 0 unspecified atom stereocenters. The van der Waals surface area contributed by atoms with Gasteiger partial charge in [0.05, 0.1) is 7.11 Å². The highest BCUT2D eigenvalue weighted by atomic mass is 16.5. The summed E-state index contributed by atoms with van der Waals surface area (Å²) in [6.07, 6.45) is 0.700. The largest absolute Gasteiger partial charge is 0.496 e. The molecular formula is C17H21NO2. The third kappa shape index (κ3) is 3.75. The van der Waals surface area contributed by atoms with Crippen molar-refractivity contribution < 1.29 is 9.84 Å². The summed E-state index contributed by atoms with van der Waals surface area (Å²) in [5.41, 5.74) is 4.58. The van der Waals surface area contributed by atoms with Gasteiger partial charge in [0.25, 0.3) is 0 Å². The summed E-state index contributed by atoms with van der Waals surface area (Å²) in [6, 6.07) is 14.3. The van der Waals surface area contributed by atoms with Crippen LogP contribution in [0.4, 0.5) is 5.69 Å². The molecule has 3 heteroatoms. The molecule has 2 aromatic carbocycles. The third-order valence-corrected chi connectivity index (χ3v) is 3.27. The van der Waals surface area contributed by atoms with Crippen molar-refractivity contribution in [2.24, 2.45) is 0 Å². The fourth-order valence-corrected chi connectivity index (χ4v) is 2.16. The topological polar surface area (TPSA) is 41.5 Å². The predicted molar refractivity (Wildman–Crippen MR) is 82.3 cm³/mol. The molecule has 2 rings (SSSR count). The van der Waals surface area contributed by atoms with Crippen LogP contribution in [0.15, 0.2) is 42.5 Å². The summed E-state index contributed by atoms with van der Waals surface area (Å²) in [6.45, 7) is 2.99. The van der Waals surface area contributed by atoms with Crippen LogP contribution in [0.5, 0.6) is 5.75 Å². The van der Waals surface area contributed by atoms with Gasteiger partial charge in [-0.25, -0.2) is 0 Å². The van der Waals surface area contributed by atoms with Crippen molar-refractivity contribution in [3.05, 3.63) is 59.2 Å². The second-order valence-corrected chi connectivity index (χ2v) is 4.84. The van der Waals surface area contributed by atoms with Gasteiger partial charge in [0.2, 0.25) is 0 Å². The Morgan fingerprint density at radius 3 is 2.50 bits per heavy atom. The van der Waals surface area contributed by atoms with Crippen molar-refractivity contribution >= 4 is 5.69 Å². The molecule has 3 nitrogen and oxygen atoms in total. The Kier molecular flexibility index (Phi) is 5.02. The van der Waals surface area contributed by atoms with Gasteiger partial charge in [0.1, 0.15) is 5.75 Å². The van der Waals surface area contributed by atoms with Crippen molar-refractivity contribution in [2.45, 2.75) is 19.9 Å². The zero-order chi connectivity index (χ0) is 14.4. The summed E-state index contributed by atoms with van der Waals surface area (Å²) in [4.78, 5) is 0. The van der Waals surface area contributed by atoms with E-state index in [-0.39, 0.29) is 6.61 Å². The van der Waals surface area contributed by atoms with Gasteiger partial charge in [0.15, 0.2) is 0 Å². The average Bonchev–Trinajstić information content (AvgIpc) is 2.47. The number of aliphatic hydroxyl groups excluding tert-OH is 1. The lowest BCUT2D eigenvalue weighted by Crippen LogP contribution is -2.02. The van der Waals surface area contributed by atoms with Crippen LogP contribution >= 0.6 is 0 Å². The summed E-state index contributed by atoms with van der Waals surface area (Å²) in [7, 11) is 1.69. The lowest BCUT2D eigenvalue weighted by molar-refractivity contribution is 0.299. The molecule has 0 spiro atoms. The monoisotopic (exact) mass is 271 g/mol. The normalized spacial score (nSPS) is 10.3. The maximum absolute atomic E-state index is 8.90. The molecule has 0 amide bonds. The van der Waals surface area contributed by atoms with Gasteiger partial charge in [-0.1, -0.05) is 29.8 Å². The van der Waals surface area contributed by atoms with E-state index in [0.717, 1.165) is 29.1 Å². The highest BCUT2D eigenvalue weighted by molar-refractivity contribution is 5.47. The number of rotatable bonds is 6. The molecule has 0 aliphatic carbocycles. The van der Waals surface area contributed by atoms with Gasteiger partial charge in [-0.15, -0.1) is 0 Å². The van der Waals surface area contributed by atoms with E-state index in [1.165, 1.54) is 5.56 Å². The Hall–Kier alpha value is -2.00. The van der Waals surface area contributed by atoms with E-state index in [1.54, 1.807) is 7.11 Å². The van der Waals surface area contributed by atoms with Gasteiger partial charge in [0, 0.05) is 24.4 Å². The molecule has 0 bridgehead atoms. The summed E-state index contributed by atoms with van der Waals surface area (Å²) in [5, 5.41) is 12.3. The molecule has 2 aromatic rings. The van der Waals surface area contributed by atoms with E-state index in [2.05, 4.69) is 18.3 Å². The number of aliphatic hydroxyl groups is 1. The number of nitrogens with one attached hydrogen (secondary N) is 1. The first kappa shape index (κ1) is 14.4. The molecule has 0 aromatic heterocycles. The maximum atomic E-state index is 8.90. The summed E-state index contributed by atoms with van der Waals surface area (Å²) < 4.78 is 5.37. The van der Waals surface area contributed by atoms with E-state index >= 15 is 0 Å². The molecule has 0 aliphatic heterocycles. The maximum Gasteiger partial charge on any atom is 0.123 e. The van der Waals surface area contributed by atoms with Gasteiger partial charge in [-0.3, -0.25) is 0 Å². The molecule has 0 aliphatic rings. The number of benzene rings is 2. The van der Waals surface area contributed by atoms with Crippen molar-refractivity contribution in [3.8, 4) is 5.75 Å². The first-order valence-corrected chi connectivity index (χ1v) is 6.80. The van der Waals surface area contributed by atoms with Crippen LogP contribution < -0.4 is 10.1 Å². The van der Waals surface area contributed by atoms with Gasteiger partial charge in [-0.2, -0.15) is 0 Å². The van der Waals surface area contributed by atoms with Crippen molar-refractivity contribution in [2.75, 3.05) is 19.0 Å². The Labute approximate surface area is 120 Å². The van der Waals surface area contributed by atoms with Gasteiger partial charge in [-0.05, 0) is 37.1 Å². The Morgan fingerprint density at radius 2 is 1.85 bits per heavy atom. The van der Waals surface area contributed by atoms with Gasteiger partial charge >= 0.3 is 0 Å². The lowest BCUT2D eigenvalue weighted by atomic mass is 10.1. The molecule has 2 N–H and O–H groups in total. The fourth-order valence-electron chi connectivity index (χ4n) is 2.16. The molecule has 0 heterocycles. The van der Waals surface area contributed by atoms with E-state index < -0.39 is 0 Å². The van der Waals surface area contributed by atoms with Crippen LogP contribution in [0.1, 0.15) is 16.7 Å². The van der Waals surface area contributed by atoms with Crippen LogP contribution in [-0.2, 0) is 13.0 Å². The van der Waals surface area contributed by atoms with Gasteiger partial charge < -0.3 is 15.2 Å². The summed E-state index contributed by atoms with van der Waals surface area (Å²) in [5.74, 6) is 0.903. The highest BCUT2D eigenvalue weighted by Crippen LogP contribution is 2.21. The Balaban J connectivity index is 2.02. The summed E-state index contributed by atoms with van der Waals surface area (Å²) >= 11 is 0. The minimum Gasteiger partial charge on any atom is -0.496 e. The molecule has 20 heavy (non-hydrogen) atoms. The molecule has 0 saturated heterocycles. The number of hydrogen-bond acceptors (Lipinski definition) is 3. The van der Waals surface area contributed by atoms with Crippen LogP contribution in [0.3, 0.4) is 0 Å². The standard InChI is InChI=1S/C17H21NO2/c1-13-3-8-17(20-2)15(11-13)12-18-16-6-4-14(5-7-16)9-10-19/h3-8,11,18-19H,9-10,12H2,1-2H3. The Bertz CT molecular complexity index is 549. The zero-order valence-electron chi connectivity index (χ0n) is 12.0. The third-order valence-electron chi connectivity index (χ3n) is 3.27. The molecule has 106 valence electrons. The van der Waals surface area contributed by atoms with Crippen molar-refractivity contribution in [1.82, 2.24) is 0 Å². The quantitative estimate of drug-likeness (QED) is 0.848. The zero-order valence-corrected chi connectivity index (χ0v) is 12.0. The SMILES string of the molecule is COc1ccc(C)cc1CNc1ccc(CCO)cc1. The minimum atomic E-state index is 0.188. The van der Waals surface area contributed by atoms with Crippen molar-refractivity contribution in [3.63, 3.8) is 0 Å². The van der Waals surface area contributed by atoms with E-state index in [1.807, 2.05) is 36.4 Å².